The number of ether oxygens (including phenoxy) is 2. The van der Waals surface area contributed by atoms with E-state index in [2.05, 4.69) is 21.7 Å². The van der Waals surface area contributed by atoms with Gasteiger partial charge >= 0.3 is 0 Å². The highest BCUT2D eigenvalue weighted by molar-refractivity contribution is 7.49. The highest BCUT2D eigenvalue weighted by atomic mass is 31.2. The van der Waals surface area contributed by atoms with Crippen LogP contribution in [-0.2, 0) is 14.1 Å². The SMILES string of the molecule is CONC(=O)c1cc(C2CC2)c(OCC2CCN(P(C)OC3CCOCC3)CC2)cc1F. The third-order valence-electron chi connectivity index (χ3n) is 6.49. The Morgan fingerprint density at radius 3 is 2.56 bits per heavy atom. The van der Waals surface area contributed by atoms with Gasteiger partial charge in [-0.15, -0.1) is 0 Å². The molecule has 3 fully saturated rings. The first-order valence-electron chi connectivity index (χ1n) is 11.6. The predicted molar refractivity (Wildman–Crippen MR) is 120 cm³/mol. The van der Waals surface area contributed by atoms with Gasteiger partial charge < -0.3 is 14.0 Å². The summed E-state index contributed by atoms with van der Waals surface area (Å²) < 4.78 is 34.9. The van der Waals surface area contributed by atoms with Crippen LogP contribution in [0.1, 0.15) is 60.4 Å². The van der Waals surface area contributed by atoms with E-state index in [-0.39, 0.29) is 5.56 Å². The van der Waals surface area contributed by atoms with Crippen molar-refractivity contribution in [3.8, 4) is 5.75 Å². The molecule has 32 heavy (non-hydrogen) atoms. The average molecular weight is 469 g/mol. The maximum absolute atomic E-state index is 14.6. The number of nitrogens with one attached hydrogen (secondary N) is 1. The van der Waals surface area contributed by atoms with Gasteiger partial charge in [-0.05, 0) is 68.7 Å². The van der Waals surface area contributed by atoms with Crippen LogP contribution < -0.4 is 10.2 Å². The van der Waals surface area contributed by atoms with Gasteiger partial charge in [-0.2, -0.15) is 0 Å². The van der Waals surface area contributed by atoms with Crippen LogP contribution >= 0.6 is 8.30 Å². The number of carbonyl (C=O) groups is 1. The zero-order chi connectivity index (χ0) is 22.5. The topological polar surface area (TPSA) is 69.3 Å². The van der Waals surface area contributed by atoms with Gasteiger partial charge in [-0.3, -0.25) is 14.3 Å². The summed E-state index contributed by atoms with van der Waals surface area (Å²) in [6, 6.07) is 2.98. The Morgan fingerprint density at radius 2 is 1.91 bits per heavy atom. The van der Waals surface area contributed by atoms with E-state index in [4.69, 9.17) is 14.0 Å². The molecule has 1 N–H and O–H groups in total. The van der Waals surface area contributed by atoms with E-state index in [1.165, 1.54) is 13.2 Å². The van der Waals surface area contributed by atoms with Crippen LogP contribution in [0.5, 0.6) is 5.75 Å². The van der Waals surface area contributed by atoms with Crippen molar-refractivity contribution in [2.45, 2.75) is 50.5 Å². The number of nitrogens with zero attached hydrogens (tertiary/aromatic N) is 1. The van der Waals surface area contributed by atoms with Gasteiger partial charge in [0.25, 0.3) is 5.91 Å². The van der Waals surface area contributed by atoms with Crippen molar-refractivity contribution in [2.24, 2.45) is 5.92 Å². The van der Waals surface area contributed by atoms with Crippen LogP contribution in [-0.4, -0.2) is 63.4 Å². The van der Waals surface area contributed by atoms with Gasteiger partial charge in [-0.25, -0.2) is 9.87 Å². The van der Waals surface area contributed by atoms with Crippen LogP contribution in [0, 0.1) is 11.7 Å². The lowest BCUT2D eigenvalue weighted by molar-refractivity contribution is 0.0269. The number of hydroxylamine groups is 1. The maximum atomic E-state index is 14.6. The first-order valence-corrected chi connectivity index (χ1v) is 13.2. The molecule has 7 nitrogen and oxygen atoms in total. The average Bonchev–Trinajstić information content (AvgIpc) is 3.64. The first-order chi connectivity index (χ1) is 15.5. The number of rotatable bonds is 9. The van der Waals surface area contributed by atoms with Crippen molar-refractivity contribution in [3.63, 3.8) is 0 Å². The number of benzene rings is 1. The molecule has 9 heteroatoms. The molecule has 1 atom stereocenters. The van der Waals surface area contributed by atoms with E-state index in [0.717, 1.165) is 70.4 Å². The summed E-state index contributed by atoms with van der Waals surface area (Å²) in [5, 5.41) is 0. The molecule has 1 unspecified atom stereocenters. The Labute approximate surface area is 190 Å². The van der Waals surface area contributed by atoms with Gasteiger partial charge in [0.05, 0.1) is 25.4 Å². The number of carbonyl (C=O) groups excluding carboxylic acids is 1. The van der Waals surface area contributed by atoms with E-state index in [0.29, 0.717) is 30.3 Å². The third-order valence-corrected chi connectivity index (χ3v) is 8.29. The quantitative estimate of drug-likeness (QED) is 0.432. The fraction of sp³-hybridized carbons (Fsp3) is 0.696. The molecule has 4 rings (SSSR count). The van der Waals surface area contributed by atoms with Crippen LogP contribution in [0.25, 0.3) is 0 Å². The minimum absolute atomic E-state index is 0.00441. The van der Waals surface area contributed by atoms with E-state index in [1.807, 2.05) is 0 Å². The summed E-state index contributed by atoms with van der Waals surface area (Å²) in [6.45, 7) is 6.37. The lowest BCUT2D eigenvalue weighted by Crippen LogP contribution is -2.34. The second-order valence-corrected chi connectivity index (χ2v) is 10.6. The molecule has 3 aliphatic rings. The second kappa shape index (κ2) is 11.2. The van der Waals surface area contributed by atoms with Crippen molar-refractivity contribution >= 4 is 14.2 Å². The molecule has 178 valence electrons. The molecule has 0 aromatic heterocycles. The molecule has 0 spiro atoms. The van der Waals surface area contributed by atoms with Crippen LogP contribution in [0.3, 0.4) is 0 Å². The van der Waals surface area contributed by atoms with Crippen LogP contribution in [0.4, 0.5) is 4.39 Å². The fourth-order valence-corrected chi connectivity index (χ4v) is 5.94. The molecule has 1 aliphatic carbocycles. The Morgan fingerprint density at radius 1 is 1.19 bits per heavy atom. The van der Waals surface area contributed by atoms with Crippen molar-refractivity contribution in [1.29, 1.82) is 0 Å². The number of halogens is 1. The van der Waals surface area contributed by atoms with Crippen molar-refractivity contribution in [3.05, 3.63) is 29.1 Å². The summed E-state index contributed by atoms with van der Waals surface area (Å²) in [7, 11) is 0.755. The van der Waals surface area contributed by atoms with Gasteiger partial charge in [-0.1, -0.05) is 0 Å². The molecule has 0 bridgehead atoms. The normalized spacial score (nSPS) is 22.0. The van der Waals surface area contributed by atoms with Crippen LogP contribution in [0.2, 0.25) is 0 Å². The summed E-state index contributed by atoms with van der Waals surface area (Å²) in [5.41, 5.74) is 3.11. The van der Waals surface area contributed by atoms with Crippen molar-refractivity contribution in [2.75, 3.05) is 46.7 Å². The zero-order valence-electron chi connectivity index (χ0n) is 19.0. The summed E-state index contributed by atoms with van der Waals surface area (Å²) in [6.07, 6.45) is 6.47. The van der Waals surface area contributed by atoms with Gasteiger partial charge in [0.15, 0.2) is 0 Å². The monoisotopic (exact) mass is 468 g/mol. The highest BCUT2D eigenvalue weighted by Crippen LogP contribution is 2.46. The lowest BCUT2D eigenvalue weighted by Gasteiger charge is -2.37. The molecular weight excluding hydrogens is 434 g/mol. The molecule has 2 aliphatic heterocycles. The Hall–Kier alpha value is -1.31. The molecular formula is C23H34FN2O5P. The minimum Gasteiger partial charge on any atom is -0.493 e. The molecule has 2 heterocycles. The molecule has 1 aromatic carbocycles. The van der Waals surface area contributed by atoms with E-state index in [9.17, 15) is 9.18 Å². The molecule has 1 amide bonds. The summed E-state index contributed by atoms with van der Waals surface area (Å²) in [5.74, 6) is 0.180. The molecule has 0 radical (unpaired) electrons. The first kappa shape index (κ1) is 23.8. The Bertz CT molecular complexity index is 780. The zero-order valence-corrected chi connectivity index (χ0v) is 19.9. The van der Waals surface area contributed by atoms with E-state index < -0.39 is 20.0 Å². The Balaban J connectivity index is 1.29. The summed E-state index contributed by atoms with van der Waals surface area (Å²) in [4.78, 5) is 16.7. The van der Waals surface area contributed by atoms with Gasteiger partial charge in [0, 0.05) is 32.4 Å². The van der Waals surface area contributed by atoms with Gasteiger partial charge in [0.2, 0.25) is 0 Å². The third kappa shape index (κ3) is 6.17. The smallest absolute Gasteiger partial charge is 0.277 e. The number of piperidine rings is 1. The largest absolute Gasteiger partial charge is 0.493 e. The van der Waals surface area contributed by atoms with Crippen molar-refractivity contribution < 1.29 is 28.0 Å². The predicted octanol–water partition coefficient (Wildman–Crippen LogP) is 4.22. The molecule has 2 saturated heterocycles. The van der Waals surface area contributed by atoms with E-state index >= 15 is 0 Å². The van der Waals surface area contributed by atoms with E-state index in [1.54, 1.807) is 6.07 Å². The molecule has 1 aromatic rings. The number of hydrogen-bond donors (Lipinski definition) is 1. The van der Waals surface area contributed by atoms with Crippen molar-refractivity contribution in [1.82, 2.24) is 10.2 Å². The number of amides is 1. The lowest BCUT2D eigenvalue weighted by atomic mass is 9.99. The maximum Gasteiger partial charge on any atom is 0.277 e. The minimum atomic E-state index is -0.587. The Kier molecular flexibility index (Phi) is 8.35. The van der Waals surface area contributed by atoms with Crippen LogP contribution in [0.15, 0.2) is 12.1 Å². The fourth-order valence-electron chi connectivity index (χ4n) is 4.37. The standard InChI is InChI=1S/C23H34FN2O5P/c1-28-25-23(27)20-13-19(17-3-4-17)22(14-21(20)24)30-15-16-5-9-26(10-6-16)32(2)31-18-7-11-29-12-8-18/h13-14,16-18H,3-12,15H2,1-2H3,(H,25,27). The molecule has 1 saturated carbocycles. The van der Waals surface area contributed by atoms with Gasteiger partial charge in [0.1, 0.15) is 19.9 Å². The second-order valence-electron chi connectivity index (χ2n) is 8.87. The summed E-state index contributed by atoms with van der Waals surface area (Å²) >= 11 is 0. The highest BCUT2D eigenvalue weighted by Gasteiger charge is 2.31. The number of hydrogen-bond acceptors (Lipinski definition) is 6.